The van der Waals surface area contributed by atoms with Gasteiger partial charge in [0, 0.05) is 29.6 Å². The van der Waals surface area contributed by atoms with E-state index in [2.05, 4.69) is 15.0 Å². The monoisotopic (exact) mass is 427 g/mol. The molecule has 4 rings (SSSR count). The van der Waals surface area contributed by atoms with E-state index in [0.717, 1.165) is 18.4 Å². The largest absolute Gasteiger partial charge is 0.508 e. The third-order valence-electron chi connectivity index (χ3n) is 4.80. The fourth-order valence-corrected chi connectivity index (χ4v) is 4.02. The molecule has 154 valence electrons. The Morgan fingerprint density at radius 1 is 1.20 bits per heavy atom. The van der Waals surface area contributed by atoms with Gasteiger partial charge in [0.1, 0.15) is 17.4 Å². The van der Waals surface area contributed by atoms with Crippen LogP contribution in [0.25, 0.3) is 11.1 Å². The van der Waals surface area contributed by atoms with Crippen LogP contribution in [-0.2, 0) is 10.0 Å². The first kappa shape index (κ1) is 19.8. The molecule has 1 aliphatic heterocycles. The van der Waals surface area contributed by atoms with Crippen LogP contribution >= 0.6 is 0 Å². The normalized spacial score (nSPS) is 15.3. The number of anilines is 2. The van der Waals surface area contributed by atoms with E-state index >= 15 is 0 Å². The van der Waals surface area contributed by atoms with Crippen molar-refractivity contribution in [2.45, 2.75) is 5.92 Å². The quantitative estimate of drug-likeness (QED) is 0.539. The number of nitrogens with zero attached hydrogens (tertiary/aromatic N) is 1. The van der Waals surface area contributed by atoms with Crippen LogP contribution in [0.1, 0.15) is 21.8 Å². The zero-order chi connectivity index (χ0) is 21.5. The van der Waals surface area contributed by atoms with Crippen LogP contribution < -0.4 is 10.0 Å². The second-order valence-corrected chi connectivity index (χ2v) is 8.83. The van der Waals surface area contributed by atoms with E-state index in [-0.39, 0.29) is 17.9 Å². The van der Waals surface area contributed by atoms with Gasteiger partial charge in [0.25, 0.3) is 0 Å². The molecule has 3 N–H and O–H groups in total. The van der Waals surface area contributed by atoms with Gasteiger partial charge in [-0.2, -0.15) is 0 Å². The second kappa shape index (κ2) is 7.42. The molecule has 1 atom stereocenters. The number of rotatable bonds is 5. The highest BCUT2D eigenvalue weighted by Crippen LogP contribution is 2.36. The third-order valence-corrected chi connectivity index (χ3v) is 5.40. The minimum Gasteiger partial charge on any atom is -0.508 e. The van der Waals surface area contributed by atoms with E-state index in [1.807, 2.05) is 0 Å². The lowest BCUT2D eigenvalue weighted by Gasteiger charge is -2.12. The zero-order valence-electron chi connectivity index (χ0n) is 15.9. The van der Waals surface area contributed by atoms with Crippen molar-refractivity contribution in [3.8, 4) is 16.9 Å². The first-order valence-corrected chi connectivity index (χ1v) is 11.0. The number of halogens is 1. The molecule has 7 nitrogen and oxygen atoms in total. The molecular weight excluding hydrogens is 409 g/mol. The Balaban J connectivity index is 1.70. The molecule has 0 bridgehead atoms. The predicted molar refractivity (Wildman–Crippen MR) is 112 cm³/mol. The van der Waals surface area contributed by atoms with Crippen LogP contribution in [0.2, 0.25) is 0 Å². The summed E-state index contributed by atoms with van der Waals surface area (Å²) in [5, 5.41) is 12.7. The van der Waals surface area contributed by atoms with Crippen molar-refractivity contribution in [1.82, 2.24) is 4.98 Å². The number of nitrogens with one attached hydrogen (secondary N) is 2. The van der Waals surface area contributed by atoms with Crippen LogP contribution in [0, 0.1) is 5.82 Å². The van der Waals surface area contributed by atoms with E-state index in [1.54, 1.807) is 36.5 Å². The molecule has 0 saturated heterocycles. The zero-order valence-corrected chi connectivity index (χ0v) is 16.7. The molecule has 1 aromatic heterocycles. The molecule has 30 heavy (non-hydrogen) atoms. The number of hydrogen-bond donors (Lipinski definition) is 3. The number of aromatic hydroxyl groups is 1. The first-order valence-electron chi connectivity index (χ1n) is 9.06. The Labute approximate surface area is 172 Å². The van der Waals surface area contributed by atoms with Gasteiger partial charge < -0.3 is 10.4 Å². The summed E-state index contributed by atoms with van der Waals surface area (Å²) in [6, 6.07) is 11.9. The molecule has 0 amide bonds. The predicted octanol–water partition coefficient (Wildman–Crippen LogP) is 3.36. The molecule has 1 unspecified atom stereocenters. The Hall–Kier alpha value is -3.46. The SMILES string of the molecule is CS(=O)(=O)Nc1cccc(-c2cnc3c(c2)C(C(=O)c2cc(O)ccc2F)CN3)c1. The molecule has 0 aliphatic carbocycles. The summed E-state index contributed by atoms with van der Waals surface area (Å²) in [6.07, 6.45) is 2.69. The highest BCUT2D eigenvalue weighted by Gasteiger charge is 2.32. The molecule has 3 aromatic rings. The number of carbonyl (C=O) groups is 1. The van der Waals surface area contributed by atoms with Crippen molar-refractivity contribution in [1.29, 1.82) is 0 Å². The number of phenolic OH excluding ortho intramolecular Hbond substituents is 1. The van der Waals surface area contributed by atoms with Gasteiger partial charge in [-0.15, -0.1) is 0 Å². The summed E-state index contributed by atoms with van der Waals surface area (Å²) in [6.45, 7) is 0.259. The van der Waals surface area contributed by atoms with Crippen molar-refractivity contribution in [2.75, 3.05) is 22.8 Å². The highest BCUT2D eigenvalue weighted by molar-refractivity contribution is 7.92. The van der Waals surface area contributed by atoms with Gasteiger partial charge in [0.05, 0.1) is 17.7 Å². The van der Waals surface area contributed by atoms with E-state index in [1.165, 1.54) is 6.07 Å². The molecule has 2 heterocycles. The number of Topliss-reactive ketones (excluding diaryl/α,β-unsaturated/α-hetero) is 1. The Morgan fingerprint density at radius 3 is 2.77 bits per heavy atom. The maximum Gasteiger partial charge on any atom is 0.229 e. The molecule has 1 aliphatic rings. The second-order valence-electron chi connectivity index (χ2n) is 7.08. The molecule has 0 radical (unpaired) electrons. The van der Waals surface area contributed by atoms with Crippen molar-refractivity contribution in [3.63, 3.8) is 0 Å². The van der Waals surface area contributed by atoms with Crippen LogP contribution in [0.3, 0.4) is 0 Å². The fourth-order valence-electron chi connectivity index (χ4n) is 3.46. The standard InChI is InChI=1S/C21H18FN3O4S/c1-30(28,29)25-14-4-2-3-12(7-14)13-8-16-18(11-24-21(16)23-10-13)20(27)17-9-15(26)5-6-19(17)22/h2-10,18,25-26H,11H2,1H3,(H,23,24). The molecular formula is C21H18FN3O4S. The third kappa shape index (κ3) is 3.97. The Kier molecular flexibility index (Phi) is 4.90. The van der Waals surface area contributed by atoms with Crippen molar-refractivity contribution >= 4 is 27.3 Å². The lowest BCUT2D eigenvalue weighted by molar-refractivity contribution is 0.0962. The van der Waals surface area contributed by atoms with Gasteiger partial charge in [-0.1, -0.05) is 12.1 Å². The number of ketones is 1. The van der Waals surface area contributed by atoms with Gasteiger partial charge in [0.2, 0.25) is 10.0 Å². The van der Waals surface area contributed by atoms with Gasteiger partial charge in [-0.3, -0.25) is 9.52 Å². The van der Waals surface area contributed by atoms with Gasteiger partial charge in [-0.05, 0) is 42.0 Å². The molecule has 9 heteroatoms. The number of sulfonamides is 1. The lowest BCUT2D eigenvalue weighted by Crippen LogP contribution is -2.16. The summed E-state index contributed by atoms with van der Waals surface area (Å²) in [7, 11) is -3.42. The van der Waals surface area contributed by atoms with Gasteiger partial charge >= 0.3 is 0 Å². The molecule has 0 fully saturated rings. The highest BCUT2D eigenvalue weighted by atomic mass is 32.2. The van der Waals surface area contributed by atoms with Crippen LogP contribution in [0.4, 0.5) is 15.9 Å². The summed E-state index contributed by atoms with van der Waals surface area (Å²) >= 11 is 0. The minimum atomic E-state index is -3.42. The van der Waals surface area contributed by atoms with E-state index in [9.17, 15) is 22.7 Å². The van der Waals surface area contributed by atoms with Crippen molar-refractivity contribution in [3.05, 3.63) is 71.7 Å². The number of aromatic nitrogens is 1. The maximum atomic E-state index is 14.1. The van der Waals surface area contributed by atoms with Gasteiger partial charge in [-0.25, -0.2) is 17.8 Å². The van der Waals surface area contributed by atoms with Crippen LogP contribution in [0.15, 0.2) is 54.7 Å². The number of phenols is 1. The summed E-state index contributed by atoms with van der Waals surface area (Å²) in [5.74, 6) is -1.48. The van der Waals surface area contributed by atoms with Crippen molar-refractivity contribution < 1.29 is 22.7 Å². The van der Waals surface area contributed by atoms with Crippen LogP contribution in [0.5, 0.6) is 5.75 Å². The van der Waals surface area contributed by atoms with E-state index in [4.69, 9.17) is 0 Å². The number of benzene rings is 2. The average Bonchev–Trinajstić information content (AvgIpc) is 3.11. The number of carbonyl (C=O) groups excluding carboxylic acids is 1. The number of fused-ring (bicyclic) bond motifs is 1. The first-order chi connectivity index (χ1) is 14.2. The average molecular weight is 427 g/mol. The van der Waals surface area contributed by atoms with Crippen LogP contribution in [-0.4, -0.2) is 37.1 Å². The van der Waals surface area contributed by atoms with E-state index in [0.29, 0.717) is 28.2 Å². The summed E-state index contributed by atoms with van der Waals surface area (Å²) < 4.78 is 39.5. The summed E-state index contributed by atoms with van der Waals surface area (Å²) in [4.78, 5) is 17.3. The number of hydrogen-bond acceptors (Lipinski definition) is 6. The minimum absolute atomic E-state index is 0.181. The Morgan fingerprint density at radius 2 is 2.00 bits per heavy atom. The topological polar surface area (TPSA) is 108 Å². The van der Waals surface area contributed by atoms with Crippen molar-refractivity contribution in [2.24, 2.45) is 0 Å². The summed E-state index contributed by atoms with van der Waals surface area (Å²) in [5.41, 5.74) is 2.23. The smallest absolute Gasteiger partial charge is 0.229 e. The molecule has 0 spiro atoms. The maximum absolute atomic E-state index is 14.1. The molecule has 0 saturated carbocycles. The fraction of sp³-hybridized carbons (Fsp3) is 0.143. The van der Waals surface area contributed by atoms with E-state index < -0.39 is 27.5 Å². The molecule has 2 aromatic carbocycles. The Bertz CT molecular complexity index is 1260. The van der Waals surface area contributed by atoms with Gasteiger partial charge in [0.15, 0.2) is 5.78 Å². The number of pyridine rings is 1. The lowest BCUT2D eigenvalue weighted by atomic mass is 9.91.